The van der Waals surface area contributed by atoms with Crippen molar-refractivity contribution in [3.63, 3.8) is 0 Å². The van der Waals surface area contributed by atoms with Crippen LogP contribution in [-0.2, 0) is 15.6 Å². The monoisotopic (exact) mass is 203 g/mol. The second kappa shape index (κ2) is 4.53. The summed E-state index contributed by atoms with van der Waals surface area (Å²) in [5, 5.41) is 8.57. The lowest BCUT2D eigenvalue weighted by Gasteiger charge is -2.11. The second-order valence-corrected chi connectivity index (χ2v) is 4.82. The molecule has 0 aromatic heterocycles. The normalized spacial score (nSPS) is 21.6. The number of nitrogens with two attached hydrogens (primary N) is 1. The van der Waals surface area contributed by atoms with Crippen molar-refractivity contribution in [1.82, 2.24) is 0 Å². The van der Waals surface area contributed by atoms with Gasteiger partial charge in [0.25, 0.3) is 0 Å². The lowest BCUT2D eigenvalue weighted by molar-refractivity contribution is -0.137. The van der Waals surface area contributed by atoms with Gasteiger partial charge in [0.2, 0.25) is 0 Å². The molecule has 0 bridgehead atoms. The van der Waals surface area contributed by atoms with Gasteiger partial charge in [-0.25, -0.2) is 0 Å². The molecule has 0 aromatic carbocycles. The van der Waals surface area contributed by atoms with E-state index in [2.05, 4.69) is 0 Å². The number of hydrogen-bond acceptors (Lipinski definition) is 3. The van der Waals surface area contributed by atoms with E-state index in [9.17, 15) is 9.00 Å². The molecule has 0 aromatic rings. The second-order valence-electron chi connectivity index (χ2n) is 3.06. The van der Waals surface area contributed by atoms with Gasteiger partial charge < -0.3 is 10.8 Å². The van der Waals surface area contributed by atoms with Crippen molar-refractivity contribution in [2.45, 2.75) is 24.1 Å². The summed E-state index contributed by atoms with van der Waals surface area (Å²) >= 11 is 0. The predicted octanol–water partition coefficient (Wildman–Crippen LogP) is -0.134. The number of carboxylic acid groups (broad SMARTS) is 1. The van der Waals surface area contributed by atoms with Gasteiger partial charge in [0.05, 0.1) is 0 Å². The summed E-state index contributed by atoms with van der Waals surface area (Å²) in [6, 6.07) is -0.999. The van der Waals surface area contributed by atoms with E-state index < -0.39 is 22.8 Å². The van der Waals surface area contributed by atoms with Crippen molar-refractivity contribution in [3.8, 4) is 0 Å². The molecular weight excluding hydrogens is 190 g/mol. The first-order chi connectivity index (χ1) is 6.11. The highest BCUT2D eigenvalue weighted by Crippen LogP contribution is 2.16. The van der Waals surface area contributed by atoms with Crippen molar-refractivity contribution in [3.05, 3.63) is 12.2 Å². The molecule has 1 aliphatic rings. The molecule has 0 fully saturated rings. The number of rotatable bonds is 4. The van der Waals surface area contributed by atoms with E-state index >= 15 is 0 Å². The Kier molecular flexibility index (Phi) is 3.62. The Hall–Kier alpha value is -0.680. The van der Waals surface area contributed by atoms with E-state index in [4.69, 9.17) is 10.8 Å². The van der Waals surface area contributed by atoms with Crippen LogP contribution in [0.25, 0.3) is 0 Å². The van der Waals surface area contributed by atoms with Gasteiger partial charge in [-0.2, -0.15) is 0 Å². The molecule has 0 radical (unpaired) electrons. The smallest absolute Gasteiger partial charge is 0.321 e. The van der Waals surface area contributed by atoms with Crippen LogP contribution in [0.15, 0.2) is 12.2 Å². The van der Waals surface area contributed by atoms with Crippen molar-refractivity contribution >= 4 is 16.8 Å². The van der Waals surface area contributed by atoms with Crippen LogP contribution in [0.4, 0.5) is 0 Å². The minimum Gasteiger partial charge on any atom is -0.480 e. The van der Waals surface area contributed by atoms with Crippen molar-refractivity contribution in [2.75, 3.05) is 5.75 Å². The van der Waals surface area contributed by atoms with Crippen molar-refractivity contribution < 1.29 is 14.1 Å². The highest BCUT2D eigenvalue weighted by Gasteiger charge is 2.22. The molecule has 1 aliphatic carbocycles. The Morgan fingerprint density at radius 2 is 2.15 bits per heavy atom. The van der Waals surface area contributed by atoms with Crippen LogP contribution in [0.1, 0.15) is 12.8 Å². The summed E-state index contributed by atoms with van der Waals surface area (Å²) in [5.41, 5.74) is 5.27. The van der Waals surface area contributed by atoms with Crippen LogP contribution in [-0.4, -0.2) is 32.3 Å². The minimum absolute atomic E-state index is 0.0572. The fourth-order valence-corrected chi connectivity index (χ4v) is 2.61. The molecular formula is C8H13NO3S. The molecule has 74 valence electrons. The third kappa shape index (κ3) is 2.93. The first-order valence-electron chi connectivity index (χ1n) is 4.12. The summed E-state index contributed by atoms with van der Waals surface area (Å²) in [6.45, 7) is 0. The SMILES string of the molecule is NC(CS(=O)C1CC=CC1)C(=O)O. The molecule has 4 nitrogen and oxygen atoms in total. The van der Waals surface area contributed by atoms with Crippen LogP contribution >= 0.6 is 0 Å². The molecule has 0 heterocycles. The van der Waals surface area contributed by atoms with Crippen LogP contribution in [0, 0.1) is 0 Å². The summed E-state index contributed by atoms with van der Waals surface area (Å²) < 4.78 is 11.5. The van der Waals surface area contributed by atoms with E-state index in [0.29, 0.717) is 0 Å². The van der Waals surface area contributed by atoms with E-state index in [0.717, 1.165) is 12.8 Å². The molecule has 5 heteroatoms. The zero-order chi connectivity index (χ0) is 9.84. The largest absolute Gasteiger partial charge is 0.480 e. The number of hydrogen-bond donors (Lipinski definition) is 2. The van der Waals surface area contributed by atoms with Gasteiger partial charge >= 0.3 is 5.97 Å². The lowest BCUT2D eigenvalue weighted by atomic mass is 10.3. The minimum atomic E-state index is -1.11. The Balaban J connectivity index is 2.36. The highest BCUT2D eigenvalue weighted by molar-refractivity contribution is 7.85. The van der Waals surface area contributed by atoms with Crippen LogP contribution in [0.2, 0.25) is 0 Å². The van der Waals surface area contributed by atoms with Gasteiger partial charge in [-0.1, -0.05) is 12.2 Å². The van der Waals surface area contributed by atoms with Gasteiger partial charge in [-0.15, -0.1) is 0 Å². The van der Waals surface area contributed by atoms with Crippen LogP contribution < -0.4 is 5.73 Å². The molecule has 0 aliphatic heterocycles. The molecule has 2 unspecified atom stereocenters. The number of allylic oxidation sites excluding steroid dienone is 2. The molecule has 1 rings (SSSR count). The molecule has 0 amide bonds. The van der Waals surface area contributed by atoms with Gasteiger partial charge in [0.15, 0.2) is 0 Å². The quantitative estimate of drug-likeness (QED) is 0.623. The van der Waals surface area contributed by atoms with E-state index in [1.54, 1.807) is 0 Å². The van der Waals surface area contributed by atoms with Gasteiger partial charge in [0, 0.05) is 21.8 Å². The topological polar surface area (TPSA) is 80.4 Å². The van der Waals surface area contributed by atoms with Crippen LogP contribution in [0.5, 0.6) is 0 Å². The molecule has 0 saturated carbocycles. The zero-order valence-electron chi connectivity index (χ0n) is 7.18. The molecule has 0 spiro atoms. The average molecular weight is 203 g/mol. The number of aliphatic carboxylic acids is 1. The van der Waals surface area contributed by atoms with E-state index in [-0.39, 0.29) is 11.0 Å². The standard InChI is InChI=1S/C8H13NO3S/c9-7(8(10)11)5-13(12)6-3-1-2-4-6/h1-2,6-7H,3-5,9H2,(H,10,11). The first-order valence-corrected chi connectivity index (χ1v) is 5.50. The van der Waals surface area contributed by atoms with Crippen molar-refractivity contribution in [2.24, 2.45) is 5.73 Å². The Bertz CT molecular complexity index is 244. The zero-order valence-corrected chi connectivity index (χ0v) is 8.00. The third-order valence-corrected chi connectivity index (χ3v) is 3.81. The molecule has 13 heavy (non-hydrogen) atoms. The predicted molar refractivity (Wildman–Crippen MR) is 50.8 cm³/mol. The lowest BCUT2D eigenvalue weighted by Crippen LogP contribution is -2.37. The fraction of sp³-hybridized carbons (Fsp3) is 0.625. The van der Waals surface area contributed by atoms with Gasteiger partial charge in [-0.3, -0.25) is 9.00 Å². The van der Waals surface area contributed by atoms with Crippen LogP contribution in [0.3, 0.4) is 0 Å². The summed E-state index contributed by atoms with van der Waals surface area (Å²) in [5.74, 6) is -1.03. The number of carboxylic acids is 1. The first kappa shape index (κ1) is 10.4. The fourth-order valence-electron chi connectivity index (χ4n) is 1.19. The van der Waals surface area contributed by atoms with Gasteiger partial charge in [-0.05, 0) is 12.8 Å². The summed E-state index contributed by atoms with van der Waals surface area (Å²) in [4.78, 5) is 10.4. The maximum absolute atomic E-state index is 11.5. The molecule has 0 saturated heterocycles. The highest BCUT2D eigenvalue weighted by atomic mass is 32.2. The van der Waals surface area contributed by atoms with E-state index in [1.807, 2.05) is 12.2 Å². The molecule has 2 atom stereocenters. The molecule has 3 N–H and O–H groups in total. The summed E-state index contributed by atoms with van der Waals surface area (Å²) in [7, 11) is -1.11. The average Bonchev–Trinajstić information content (AvgIpc) is 2.55. The Labute approximate surface area is 79.3 Å². The maximum atomic E-state index is 11.5. The van der Waals surface area contributed by atoms with Gasteiger partial charge in [0.1, 0.15) is 6.04 Å². The van der Waals surface area contributed by atoms with Crippen molar-refractivity contribution in [1.29, 1.82) is 0 Å². The summed E-state index contributed by atoms with van der Waals surface area (Å²) in [6.07, 6.45) is 5.49. The maximum Gasteiger partial charge on any atom is 0.321 e. The third-order valence-electron chi connectivity index (χ3n) is 2.00. The Morgan fingerprint density at radius 3 is 2.62 bits per heavy atom. The Morgan fingerprint density at radius 1 is 1.62 bits per heavy atom. The van der Waals surface area contributed by atoms with E-state index in [1.165, 1.54) is 0 Å². The number of carbonyl (C=O) groups is 1.